The lowest BCUT2D eigenvalue weighted by molar-refractivity contribution is 0.559. The largest absolute Gasteiger partial charge is 0.311 e. The number of aryl methyl sites for hydroxylation is 1. The zero-order chi connectivity index (χ0) is 14.7. The van der Waals surface area contributed by atoms with Crippen molar-refractivity contribution in [3.05, 3.63) is 60.0 Å². The number of fused-ring (bicyclic) bond motifs is 1. The molecule has 21 heavy (non-hydrogen) atoms. The summed E-state index contributed by atoms with van der Waals surface area (Å²) in [6, 6.07) is 14.6. The topological polar surface area (TPSA) is 42.7 Å². The van der Waals surface area contributed by atoms with Gasteiger partial charge in [0.15, 0.2) is 0 Å². The Labute approximate surface area is 124 Å². The predicted molar refractivity (Wildman–Crippen MR) is 85.1 cm³/mol. The lowest BCUT2D eigenvalue weighted by Crippen LogP contribution is -2.20. The Morgan fingerprint density at radius 3 is 2.67 bits per heavy atom. The van der Waals surface area contributed by atoms with Gasteiger partial charge < -0.3 is 5.32 Å². The molecular weight excluding hydrogens is 260 g/mol. The number of hydrogen-bond acceptors (Lipinski definition) is 3. The number of pyridine rings is 1. The molecule has 0 bridgehead atoms. The van der Waals surface area contributed by atoms with Crippen molar-refractivity contribution in [1.29, 1.82) is 0 Å². The van der Waals surface area contributed by atoms with E-state index in [1.54, 1.807) is 0 Å². The van der Waals surface area contributed by atoms with Gasteiger partial charge in [0.25, 0.3) is 0 Å². The molecule has 3 aromatic rings. The molecule has 1 N–H and O–H groups in total. The molecule has 0 saturated carbocycles. The average Bonchev–Trinajstić information content (AvgIpc) is 2.91. The normalized spacial score (nSPS) is 12.7. The molecule has 4 nitrogen and oxygen atoms in total. The van der Waals surface area contributed by atoms with Crippen LogP contribution in [-0.2, 0) is 13.0 Å². The molecule has 1 atom stereocenters. The molecule has 0 amide bonds. The van der Waals surface area contributed by atoms with Crippen molar-refractivity contribution in [3.8, 4) is 0 Å². The standard InChI is InChI=1S/C17H20N4/c1-3-21-17-10-5-4-8-13(17)15(20-21)12-16(18-2)14-9-6-7-11-19-14/h4-11,16,18H,3,12H2,1-2H3. The molecule has 2 heterocycles. The van der Waals surface area contributed by atoms with Gasteiger partial charge in [-0.05, 0) is 32.2 Å². The van der Waals surface area contributed by atoms with E-state index in [-0.39, 0.29) is 6.04 Å². The van der Waals surface area contributed by atoms with Crippen molar-refractivity contribution in [1.82, 2.24) is 20.1 Å². The van der Waals surface area contributed by atoms with Crippen LogP contribution in [0.2, 0.25) is 0 Å². The highest BCUT2D eigenvalue weighted by molar-refractivity contribution is 5.82. The number of para-hydroxylation sites is 1. The summed E-state index contributed by atoms with van der Waals surface area (Å²) in [4.78, 5) is 4.46. The molecule has 0 radical (unpaired) electrons. The van der Waals surface area contributed by atoms with Crippen LogP contribution in [0.1, 0.15) is 24.4 Å². The molecule has 0 spiro atoms. The van der Waals surface area contributed by atoms with E-state index in [2.05, 4.69) is 52.2 Å². The minimum Gasteiger partial charge on any atom is -0.311 e. The molecule has 3 rings (SSSR count). The second-order valence-electron chi connectivity index (χ2n) is 5.08. The van der Waals surface area contributed by atoms with Crippen LogP contribution in [0.4, 0.5) is 0 Å². The zero-order valence-corrected chi connectivity index (χ0v) is 12.5. The fraction of sp³-hybridized carbons (Fsp3) is 0.294. The number of nitrogens with one attached hydrogen (secondary N) is 1. The number of rotatable bonds is 5. The van der Waals surface area contributed by atoms with Gasteiger partial charge in [-0.1, -0.05) is 24.3 Å². The van der Waals surface area contributed by atoms with Gasteiger partial charge in [0.05, 0.1) is 22.9 Å². The second-order valence-corrected chi connectivity index (χ2v) is 5.08. The number of nitrogens with zero attached hydrogens (tertiary/aromatic N) is 3. The first-order chi connectivity index (χ1) is 10.3. The first-order valence-corrected chi connectivity index (χ1v) is 7.36. The molecule has 4 heteroatoms. The van der Waals surface area contributed by atoms with E-state index in [0.29, 0.717) is 0 Å². The fourth-order valence-electron chi connectivity index (χ4n) is 2.72. The van der Waals surface area contributed by atoms with Crippen LogP contribution in [0.25, 0.3) is 10.9 Å². The van der Waals surface area contributed by atoms with E-state index >= 15 is 0 Å². The minimum atomic E-state index is 0.176. The van der Waals surface area contributed by atoms with Crippen LogP contribution in [0.3, 0.4) is 0 Å². The molecule has 0 aliphatic rings. The van der Waals surface area contributed by atoms with Crippen molar-refractivity contribution in [2.75, 3.05) is 7.05 Å². The monoisotopic (exact) mass is 280 g/mol. The van der Waals surface area contributed by atoms with Crippen molar-refractivity contribution in [2.24, 2.45) is 0 Å². The van der Waals surface area contributed by atoms with E-state index in [1.165, 1.54) is 10.9 Å². The Hall–Kier alpha value is -2.20. The Morgan fingerprint density at radius 1 is 1.14 bits per heavy atom. The number of benzene rings is 1. The summed E-state index contributed by atoms with van der Waals surface area (Å²) in [5.74, 6) is 0. The minimum absolute atomic E-state index is 0.176. The smallest absolute Gasteiger partial charge is 0.0722 e. The Kier molecular flexibility index (Phi) is 3.97. The van der Waals surface area contributed by atoms with Crippen molar-refractivity contribution in [3.63, 3.8) is 0 Å². The molecule has 108 valence electrons. The lowest BCUT2D eigenvalue weighted by atomic mass is 10.0. The first-order valence-electron chi connectivity index (χ1n) is 7.36. The fourth-order valence-corrected chi connectivity index (χ4v) is 2.72. The van der Waals surface area contributed by atoms with Crippen LogP contribution < -0.4 is 5.32 Å². The third-order valence-corrected chi connectivity index (χ3v) is 3.82. The molecule has 1 aromatic carbocycles. The van der Waals surface area contributed by atoms with E-state index < -0.39 is 0 Å². The molecular formula is C17H20N4. The van der Waals surface area contributed by atoms with E-state index in [9.17, 15) is 0 Å². The van der Waals surface area contributed by atoms with Crippen LogP contribution in [0, 0.1) is 0 Å². The van der Waals surface area contributed by atoms with Gasteiger partial charge in [0, 0.05) is 24.5 Å². The summed E-state index contributed by atoms with van der Waals surface area (Å²) in [6.45, 7) is 3.01. The summed E-state index contributed by atoms with van der Waals surface area (Å²) in [5, 5.41) is 9.35. The highest BCUT2D eigenvalue weighted by Gasteiger charge is 2.16. The zero-order valence-electron chi connectivity index (χ0n) is 12.5. The highest BCUT2D eigenvalue weighted by Crippen LogP contribution is 2.23. The maximum Gasteiger partial charge on any atom is 0.0722 e. The van der Waals surface area contributed by atoms with Crippen LogP contribution in [-0.4, -0.2) is 21.8 Å². The van der Waals surface area contributed by atoms with Crippen molar-refractivity contribution in [2.45, 2.75) is 25.9 Å². The average molecular weight is 280 g/mol. The van der Waals surface area contributed by atoms with E-state index in [0.717, 1.165) is 24.4 Å². The first kappa shape index (κ1) is 13.8. The Bertz CT molecular complexity index is 718. The maximum absolute atomic E-state index is 4.77. The predicted octanol–water partition coefficient (Wildman–Crippen LogP) is 2.95. The van der Waals surface area contributed by atoms with Crippen molar-refractivity contribution < 1.29 is 0 Å². The van der Waals surface area contributed by atoms with Gasteiger partial charge in [-0.2, -0.15) is 5.10 Å². The van der Waals surface area contributed by atoms with Gasteiger partial charge in [0.2, 0.25) is 0 Å². The third kappa shape index (κ3) is 2.67. The summed E-state index contributed by atoms with van der Waals surface area (Å²) in [5.41, 5.74) is 3.37. The highest BCUT2D eigenvalue weighted by atomic mass is 15.3. The molecule has 0 aliphatic carbocycles. The summed E-state index contributed by atoms with van der Waals surface area (Å²) in [6.07, 6.45) is 2.67. The molecule has 0 fully saturated rings. The van der Waals surface area contributed by atoms with Gasteiger partial charge in [-0.15, -0.1) is 0 Å². The molecule has 2 aromatic heterocycles. The van der Waals surface area contributed by atoms with E-state index in [1.807, 2.05) is 25.4 Å². The van der Waals surface area contributed by atoms with Crippen LogP contribution >= 0.6 is 0 Å². The van der Waals surface area contributed by atoms with Gasteiger partial charge in [-0.3, -0.25) is 9.67 Å². The number of aromatic nitrogens is 3. The van der Waals surface area contributed by atoms with Crippen LogP contribution in [0.5, 0.6) is 0 Å². The van der Waals surface area contributed by atoms with Gasteiger partial charge >= 0.3 is 0 Å². The Morgan fingerprint density at radius 2 is 1.95 bits per heavy atom. The maximum atomic E-state index is 4.77. The number of hydrogen-bond donors (Lipinski definition) is 1. The van der Waals surface area contributed by atoms with Gasteiger partial charge in [0.1, 0.15) is 0 Å². The SMILES string of the molecule is CCn1nc(CC(NC)c2ccccn2)c2ccccc21. The van der Waals surface area contributed by atoms with Crippen molar-refractivity contribution >= 4 is 10.9 Å². The molecule has 1 unspecified atom stereocenters. The molecule has 0 saturated heterocycles. The summed E-state index contributed by atoms with van der Waals surface area (Å²) in [7, 11) is 1.97. The summed E-state index contributed by atoms with van der Waals surface area (Å²) >= 11 is 0. The Balaban J connectivity index is 1.97. The van der Waals surface area contributed by atoms with Gasteiger partial charge in [-0.25, -0.2) is 0 Å². The second kappa shape index (κ2) is 6.06. The van der Waals surface area contributed by atoms with E-state index in [4.69, 9.17) is 5.10 Å². The summed E-state index contributed by atoms with van der Waals surface area (Å²) < 4.78 is 2.07. The number of likely N-dealkylation sites (N-methyl/N-ethyl adjacent to an activating group) is 1. The molecule has 0 aliphatic heterocycles. The quantitative estimate of drug-likeness (QED) is 0.781. The third-order valence-electron chi connectivity index (χ3n) is 3.82. The van der Waals surface area contributed by atoms with Crippen LogP contribution in [0.15, 0.2) is 48.7 Å². The lowest BCUT2D eigenvalue weighted by Gasteiger charge is -2.14.